The molecule has 11 fully saturated rings. The summed E-state index contributed by atoms with van der Waals surface area (Å²) < 4.78 is 59.8. The molecule has 7 saturated heterocycles. The molecule has 0 amide bonds. The largest absolute Gasteiger partial charge is 0.457 e. The maximum absolute atomic E-state index is 15.4. The van der Waals surface area contributed by atoms with E-state index >= 15 is 4.79 Å². The third-order valence-corrected chi connectivity index (χ3v) is 22.2. The van der Waals surface area contributed by atoms with Crippen molar-refractivity contribution in [2.24, 2.45) is 50.2 Å². The Balaban J connectivity index is 0.999. The standard InChI is InChI=1S/C58H90O25/c1-25-43-40(69)42(71)48(76-25)81-44-36(65)29(62)22-74-49(44)83-51(72)58-15-13-52(2,3)17-27(58)26-9-10-33-54(5)18-28(61)46(55(6,24-60)32(54)11-12-57(33,8)56(26,7)14-16-58)82-50-45(39(68)37(66)30(21-59)78-50)80-47-41(70)38(67)31(23-75-47)77-34(63)19-53(4,73)20-35(64)79-43/h9,25,27-33,36-50,59-62,65-71,73H,10-24H2,1-8H3/t25-,27-,28-,29-,30+,31-,32+,33+,36-,37+,38-,39-,40-,41+,42+,43-,44+,45+,46-,47-,48-,49-,50-,53+,54-,55-,56+,57+,58-/m0/s1. The second-order valence-corrected chi connectivity index (χ2v) is 28.1. The second kappa shape index (κ2) is 22.8. The fourth-order valence-corrected chi connectivity index (χ4v) is 17.3. The van der Waals surface area contributed by atoms with E-state index in [1.807, 2.05) is 6.92 Å². The summed E-state index contributed by atoms with van der Waals surface area (Å²) in [5, 5.41) is 136. The van der Waals surface area contributed by atoms with Crippen molar-refractivity contribution < 1.29 is 123 Å². The van der Waals surface area contributed by atoms with Gasteiger partial charge >= 0.3 is 17.9 Å². The molecule has 25 nitrogen and oxygen atoms in total. The molecule has 17 rings (SSSR count). The number of aliphatic hydroxyl groups excluding tert-OH is 11. The van der Waals surface area contributed by atoms with Crippen LogP contribution in [-0.2, 0) is 61.8 Å². The van der Waals surface area contributed by atoms with Crippen molar-refractivity contribution in [2.75, 3.05) is 26.4 Å². The minimum absolute atomic E-state index is 0.0735. The molecule has 0 unspecified atom stereocenters. The molecule has 5 aliphatic carbocycles. The zero-order valence-electron chi connectivity index (χ0n) is 48.6. The molecule has 0 aromatic heterocycles. The highest BCUT2D eigenvalue weighted by molar-refractivity contribution is 5.79. The van der Waals surface area contributed by atoms with E-state index in [1.165, 1.54) is 6.92 Å². The Morgan fingerprint density at radius 3 is 1.89 bits per heavy atom. The minimum atomic E-state index is -2.19. The van der Waals surface area contributed by atoms with Gasteiger partial charge in [-0.3, -0.25) is 14.4 Å². The molecule has 12 N–H and O–H groups in total. The number of hydrogen-bond donors (Lipinski definition) is 12. The molecule has 25 heteroatoms. The molecule has 472 valence electrons. The first-order chi connectivity index (χ1) is 38.8. The van der Waals surface area contributed by atoms with E-state index in [0.717, 1.165) is 12.5 Å². The van der Waals surface area contributed by atoms with E-state index in [4.69, 9.17) is 47.4 Å². The van der Waals surface area contributed by atoms with Crippen molar-refractivity contribution in [3.63, 3.8) is 0 Å². The number of carbonyl (C=O) groups excluding carboxylic acids is 3. The van der Waals surface area contributed by atoms with Gasteiger partial charge in [-0.05, 0) is 111 Å². The minimum Gasteiger partial charge on any atom is -0.457 e. The molecule has 1 spiro atoms. The highest BCUT2D eigenvalue weighted by Gasteiger charge is 2.72. The van der Waals surface area contributed by atoms with Crippen LogP contribution < -0.4 is 0 Å². The molecule has 12 bridgehead atoms. The van der Waals surface area contributed by atoms with E-state index in [0.29, 0.717) is 51.4 Å². The molecular weight excluding hydrogens is 1100 g/mol. The number of carbonyl (C=O) groups is 3. The van der Waals surface area contributed by atoms with Crippen LogP contribution in [0.1, 0.15) is 126 Å². The van der Waals surface area contributed by atoms with Gasteiger partial charge in [-0.15, -0.1) is 0 Å². The highest BCUT2D eigenvalue weighted by atomic mass is 16.8. The van der Waals surface area contributed by atoms with Crippen molar-refractivity contribution >= 4 is 17.9 Å². The quantitative estimate of drug-likeness (QED) is 0.0673. The summed E-state index contributed by atoms with van der Waals surface area (Å²) in [5.74, 6) is -3.60. The van der Waals surface area contributed by atoms with Crippen LogP contribution in [0, 0.1) is 50.2 Å². The summed E-state index contributed by atoms with van der Waals surface area (Å²) in [6.45, 7) is 13.1. The zero-order chi connectivity index (χ0) is 60.5. The van der Waals surface area contributed by atoms with Gasteiger partial charge in [0.05, 0.1) is 68.6 Å². The lowest BCUT2D eigenvalue weighted by molar-refractivity contribution is -0.377. The summed E-state index contributed by atoms with van der Waals surface area (Å²) in [4.78, 5) is 42.0. The Bertz CT molecular complexity index is 2430. The monoisotopic (exact) mass is 1190 g/mol. The van der Waals surface area contributed by atoms with Crippen LogP contribution in [0.4, 0.5) is 0 Å². The number of ether oxygens (including phenoxy) is 10. The lowest BCUT2D eigenvalue weighted by Gasteiger charge is -2.72. The van der Waals surface area contributed by atoms with Gasteiger partial charge in [-0.1, -0.05) is 53.2 Å². The number of esters is 3. The average molecular weight is 1190 g/mol. The van der Waals surface area contributed by atoms with Gasteiger partial charge < -0.3 is 109 Å². The van der Waals surface area contributed by atoms with Crippen LogP contribution in [0.2, 0.25) is 0 Å². The Labute approximate surface area is 482 Å². The van der Waals surface area contributed by atoms with Gasteiger partial charge in [-0.25, -0.2) is 0 Å². The molecule has 83 heavy (non-hydrogen) atoms. The number of aliphatic hydroxyl groups is 12. The average Bonchev–Trinajstić information content (AvgIpc) is 0.902. The van der Waals surface area contributed by atoms with Gasteiger partial charge in [0.2, 0.25) is 6.29 Å². The molecule has 17 aliphatic rings. The first kappa shape index (κ1) is 63.4. The van der Waals surface area contributed by atoms with Crippen LogP contribution in [0.3, 0.4) is 0 Å². The van der Waals surface area contributed by atoms with Gasteiger partial charge in [0, 0.05) is 5.41 Å². The van der Waals surface area contributed by atoms with Crippen LogP contribution in [0.5, 0.6) is 0 Å². The predicted molar refractivity (Wildman–Crippen MR) is 280 cm³/mol. The van der Waals surface area contributed by atoms with Crippen LogP contribution in [0.15, 0.2) is 11.6 Å². The Morgan fingerprint density at radius 1 is 0.578 bits per heavy atom. The maximum Gasteiger partial charge on any atom is 0.315 e. The molecule has 12 aliphatic heterocycles. The van der Waals surface area contributed by atoms with Crippen molar-refractivity contribution in [3.05, 3.63) is 11.6 Å². The second-order valence-electron chi connectivity index (χ2n) is 28.1. The Hall–Kier alpha value is -2.61. The summed E-state index contributed by atoms with van der Waals surface area (Å²) in [6.07, 6.45) is -28.1. The SMILES string of the molecule is C[C@@H]1O[C@H]2O[C@H]3[C@@H](OC[C@H](O)[C@@H]3O)OC(=O)[C@]34CCC(C)(C)C[C@H]3C3=CC[C@@H]5[C@@]6(C)C[C@H](O)[C@H](O[C@@H]7O[C@H](CO)[C@@H](O)[C@H](O)[C@H]7O[C@@H]7OC[C@H](OC(=O)C[C@@](C)(O)CC(=O)O[C@@H]1[C@@H](O)[C@H]2O)[C@H](O)[C@H]7O)[C@@](C)(CO)[C@@H]6CC[C@@]5(C)[C@]3(C)CC4. The third-order valence-electron chi connectivity index (χ3n) is 22.2. The van der Waals surface area contributed by atoms with Crippen molar-refractivity contribution in [2.45, 2.75) is 254 Å². The van der Waals surface area contributed by atoms with E-state index < -0.39 is 213 Å². The fourth-order valence-electron chi connectivity index (χ4n) is 17.3. The smallest absolute Gasteiger partial charge is 0.315 e. The normalized spacial score (nSPS) is 54.3. The molecule has 0 aromatic rings. The Kier molecular flexibility index (Phi) is 17.4. The zero-order valence-corrected chi connectivity index (χ0v) is 48.6. The topological polar surface area (TPSA) is 386 Å². The summed E-state index contributed by atoms with van der Waals surface area (Å²) in [7, 11) is 0. The van der Waals surface area contributed by atoms with E-state index in [2.05, 4.69) is 40.7 Å². The van der Waals surface area contributed by atoms with Gasteiger partial charge in [0.15, 0.2) is 37.2 Å². The summed E-state index contributed by atoms with van der Waals surface area (Å²) >= 11 is 0. The number of allylic oxidation sites excluding steroid dienone is 2. The summed E-state index contributed by atoms with van der Waals surface area (Å²) in [5.41, 5.74) is -5.08. The summed E-state index contributed by atoms with van der Waals surface area (Å²) in [6, 6.07) is 0. The molecule has 12 heterocycles. The van der Waals surface area contributed by atoms with Crippen molar-refractivity contribution in [1.82, 2.24) is 0 Å². The third kappa shape index (κ3) is 10.7. The van der Waals surface area contributed by atoms with Gasteiger partial charge in [0.1, 0.15) is 61.0 Å². The fraction of sp³-hybridized carbons (Fsp3) is 0.914. The Morgan fingerprint density at radius 2 is 1.20 bits per heavy atom. The lowest BCUT2D eigenvalue weighted by Crippen LogP contribution is -2.70. The van der Waals surface area contributed by atoms with Gasteiger partial charge in [-0.2, -0.15) is 0 Å². The number of hydrogen-bond acceptors (Lipinski definition) is 25. The molecule has 4 saturated carbocycles. The molecule has 0 aromatic carbocycles. The number of rotatable bonds is 2. The maximum atomic E-state index is 15.4. The van der Waals surface area contributed by atoms with Crippen LogP contribution in [0.25, 0.3) is 0 Å². The van der Waals surface area contributed by atoms with E-state index in [-0.39, 0.29) is 29.6 Å². The highest BCUT2D eigenvalue weighted by Crippen LogP contribution is 2.76. The first-order valence-corrected chi connectivity index (χ1v) is 29.7. The molecular formula is C58H90O25. The van der Waals surface area contributed by atoms with Crippen LogP contribution >= 0.6 is 0 Å². The van der Waals surface area contributed by atoms with Gasteiger partial charge in [0.25, 0.3) is 0 Å². The van der Waals surface area contributed by atoms with Crippen LogP contribution in [-0.4, -0.2) is 234 Å². The predicted octanol–water partition coefficient (Wildman–Crippen LogP) is -1.14. The van der Waals surface area contributed by atoms with E-state index in [1.54, 1.807) is 0 Å². The first-order valence-electron chi connectivity index (χ1n) is 29.7. The van der Waals surface area contributed by atoms with E-state index in [9.17, 15) is 70.9 Å². The molecule has 29 atom stereocenters. The molecule has 0 radical (unpaired) electrons. The van der Waals surface area contributed by atoms with Crippen molar-refractivity contribution in [3.8, 4) is 0 Å². The lowest BCUT2D eigenvalue weighted by atomic mass is 9.33. The van der Waals surface area contributed by atoms with Crippen molar-refractivity contribution in [1.29, 1.82) is 0 Å².